The summed E-state index contributed by atoms with van der Waals surface area (Å²) in [5, 5.41) is 5.85. The van der Waals surface area contributed by atoms with E-state index in [1.807, 2.05) is 12.1 Å². The fourth-order valence-corrected chi connectivity index (χ4v) is 2.88. The number of halogens is 3. The zero-order valence-electron chi connectivity index (χ0n) is 14.5. The minimum atomic E-state index is -4.68. The molecule has 1 fully saturated rings. The number of carbonyl (C=O) groups excluding carboxylic acids is 1. The van der Waals surface area contributed by atoms with Crippen molar-refractivity contribution in [2.45, 2.75) is 6.18 Å². The summed E-state index contributed by atoms with van der Waals surface area (Å²) in [7, 11) is 3.42. The van der Waals surface area contributed by atoms with Crippen LogP contribution in [0.2, 0.25) is 0 Å². The number of nitrogens with one attached hydrogen (secondary N) is 1. The first-order chi connectivity index (χ1) is 12.2. The second kappa shape index (κ2) is 6.99. The third-order valence-corrected chi connectivity index (χ3v) is 4.34. The molecule has 0 radical (unpaired) electrons. The average molecular weight is 367 g/mol. The number of likely N-dealkylation sites (N-methyl/N-ethyl adjacent to an activating group) is 1. The first kappa shape index (κ1) is 18.2. The SMILES string of the molecule is CN1CCN(c2ccc(NC(=O)c3cn(C)nc3C(F)(F)F)cc2)CC1. The molecule has 1 amide bonds. The number of amides is 1. The Morgan fingerprint density at radius 2 is 1.69 bits per heavy atom. The lowest BCUT2D eigenvalue weighted by atomic mass is 10.2. The molecule has 0 saturated carbocycles. The van der Waals surface area contributed by atoms with Gasteiger partial charge in [-0.1, -0.05) is 0 Å². The van der Waals surface area contributed by atoms with E-state index in [0.717, 1.165) is 42.7 Å². The van der Waals surface area contributed by atoms with Crippen molar-refractivity contribution >= 4 is 17.3 Å². The summed E-state index contributed by atoms with van der Waals surface area (Å²) in [5.74, 6) is -0.835. The Balaban J connectivity index is 1.71. The summed E-state index contributed by atoms with van der Waals surface area (Å²) in [5.41, 5.74) is -0.229. The maximum atomic E-state index is 13.0. The molecule has 2 heterocycles. The topological polar surface area (TPSA) is 53.4 Å². The lowest BCUT2D eigenvalue weighted by molar-refractivity contribution is -0.141. The van der Waals surface area contributed by atoms with Crippen LogP contribution in [0.4, 0.5) is 24.5 Å². The lowest BCUT2D eigenvalue weighted by Crippen LogP contribution is -2.44. The molecule has 0 bridgehead atoms. The van der Waals surface area contributed by atoms with Gasteiger partial charge in [-0.25, -0.2) is 0 Å². The number of anilines is 2. The van der Waals surface area contributed by atoms with Crippen LogP contribution in [0.3, 0.4) is 0 Å². The highest BCUT2D eigenvalue weighted by Crippen LogP contribution is 2.31. The minimum Gasteiger partial charge on any atom is -0.369 e. The minimum absolute atomic E-state index is 0.435. The van der Waals surface area contributed by atoms with Crippen LogP contribution >= 0.6 is 0 Å². The molecule has 1 saturated heterocycles. The third-order valence-electron chi connectivity index (χ3n) is 4.34. The smallest absolute Gasteiger partial charge is 0.369 e. The number of nitrogens with zero attached hydrogens (tertiary/aromatic N) is 4. The maximum absolute atomic E-state index is 13.0. The van der Waals surface area contributed by atoms with Gasteiger partial charge in [-0.15, -0.1) is 0 Å². The summed E-state index contributed by atoms with van der Waals surface area (Å²) >= 11 is 0. The van der Waals surface area contributed by atoms with Crippen LogP contribution in [0.25, 0.3) is 0 Å². The van der Waals surface area contributed by atoms with E-state index >= 15 is 0 Å². The standard InChI is InChI=1S/C17H20F3N5O/c1-23-7-9-25(10-8-23)13-5-3-12(4-6-13)21-16(26)14-11-24(2)22-15(14)17(18,19)20/h3-6,11H,7-10H2,1-2H3,(H,21,26). The van der Waals surface area contributed by atoms with Crippen molar-refractivity contribution in [2.75, 3.05) is 43.4 Å². The Morgan fingerprint density at radius 3 is 2.27 bits per heavy atom. The molecule has 0 atom stereocenters. The van der Waals surface area contributed by atoms with E-state index in [-0.39, 0.29) is 0 Å². The van der Waals surface area contributed by atoms with Gasteiger partial charge < -0.3 is 15.1 Å². The van der Waals surface area contributed by atoms with Gasteiger partial charge in [0.25, 0.3) is 5.91 Å². The van der Waals surface area contributed by atoms with Crippen molar-refractivity contribution < 1.29 is 18.0 Å². The summed E-state index contributed by atoms with van der Waals surface area (Å²) in [6, 6.07) is 7.09. The molecule has 2 aromatic rings. The van der Waals surface area contributed by atoms with Crippen LogP contribution in [0.5, 0.6) is 0 Å². The normalized spacial score (nSPS) is 16.0. The molecular formula is C17H20F3N5O. The van der Waals surface area contributed by atoms with Gasteiger partial charge in [0.1, 0.15) is 0 Å². The molecule has 1 N–H and O–H groups in total. The molecule has 26 heavy (non-hydrogen) atoms. The predicted octanol–water partition coefficient (Wildman–Crippen LogP) is 2.44. The number of alkyl halides is 3. The summed E-state index contributed by atoms with van der Waals surface area (Å²) < 4.78 is 39.9. The van der Waals surface area contributed by atoms with Crippen LogP contribution in [0.1, 0.15) is 16.1 Å². The van der Waals surface area contributed by atoms with Gasteiger partial charge in [0.15, 0.2) is 5.69 Å². The van der Waals surface area contributed by atoms with E-state index in [2.05, 4.69) is 27.3 Å². The monoisotopic (exact) mass is 367 g/mol. The lowest BCUT2D eigenvalue weighted by Gasteiger charge is -2.34. The molecule has 0 spiro atoms. The average Bonchev–Trinajstić information content (AvgIpc) is 2.99. The molecular weight excluding hydrogens is 347 g/mol. The summed E-state index contributed by atoms with van der Waals surface area (Å²) in [6.07, 6.45) is -3.62. The third kappa shape index (κ3) is 3.98. The van der Waals surface area contributed by atoms with E-state index < -0.39 is 23.3 Å². The van der Waals surface area contributed by atoms with Gasteiger partial charge in [0, 0.05) is 50.8 Å². The van der Waals surface area contributed by atoms with E-state index in [1.54, 1.807) is 12.1 Å². The van der Waals surface area contributed by atoms with Gasteiger partial charge >= 0.3 is 6.18 Å². The van der Waals surface area contributed by atoms with Crippen molar-refractivity contribution in [3.05, 3.63) is 41.7 Å². The molecule has 0 aliphatic carbocycles. The highest BCUT2D eigenvalue weighted by Gasteiger charge is 2.39. The first-order valence-corrected chi connectivity index (χ1v) is 8.20. The number of hydrogen-bond donors (Lipinski definition) is 1. The number of carbonyl (C=O) groups is 1. The number of aryl methyl sites for hydroxylation is 1. The van der Waals surface area contributed by atoms with E-state index in [1.165, 1.54) is 7.05 Å². The van der Waals surface area contributed by atoms with Crippen molar-refractivity contribution in [1.82, 2.24) is 14.7 Å². The summed E-state index contributed by atoms with van der Waals surface area (Å²) in [4.78, 5) is 16.7. The number of hydrogen-bond acceptors (Lipinski definition) is 4. The second-order valence-electron chi connectivity index (χ2n) is 6.35. The molecule has 1 aromatic carbocycles. The van der Waals surface area contributed by atoms with Crippen LogP contribution in [0.15, 0.2) is 30.5 Å². The van der Waals surface area contributed by atoms with E-state index in [0.29, 0.717) is 5.69 Å². The number of piperazine rings is 1. The van der Waals surface area contributed by atoms with E-state index in [9.17, 15) is 18.0 Å². The highest BCUT2D eigenvalue weighted by molar-refractivity contribution is 6.05. The Labute approximate surface area is 149 Å². The molecule has 1 aromatic heterocycles. The summed E-state index contributed by atoms with van der Waals surface area (Å²) in [6.45, 7) is 3.76. The largest absolute Gasteiger partial charge is 0.435 e. The molecule has 9 heteroatoms. The molecule has 0 unspecified atom stereocenters. The molecule has 3 rings (SSSR count). The Hall–Kier alpha value is -2.55. The molecule has 1 aliphatic rings. The molecule has 6 nitrogen and oxygen atoms in total. The Kier molecular flexibility index (Phi) is 4.90. The second-order valence-corrected chi connectivity index (χ2v) is 6.35. The Morgan fingerprint density at radius 1 is 1.08 bits per heavy atom. The van der Waals surface area contributed by atoms with Gasteiger partial charge in [-0.05, 0) is 31.3 Å². The number of rotatable bonds is 3. The van der Waals surface area contributed by atoms with Crippen LogP contribution in [-0.2, 0) is 13.2 Å². The number of benzene rings is 1. The van der Waals surface area contributed by atoms with E-state index in [4.69, 9.17) is 0 Å². The highest BCUT2D eigenvalue weighted by atomic mass is 19.4. The quantitative estimate of drug-likeness (QED) is 0.906. The fraction of sp³-hybridized carbons (Fsp3) is 0.412. The number of aromatic nitrogens is 2. The predicted molar refractivity (Wildman–Crippen MR) is 92.3 cm³/mol. The van der Waals surface area contributed by atoms with Gasteiger partial charge in [0.2, 0.25) is 0 Å². The Bertz CT molecular complexity index is 777. The van der Waals surface area contributed by atoms with Crippen molar-refractivity contribution in [3.8, 4) is 0 Å². The zero-order chi connectivity index (χ0) is 18.9. The van der Waals surface area contributed by atoms with Crippen LogP contribution in [0, 0.1) is 0 Å². The van der Waals surface area contributed by atoms with Crippen molar-refractivity contribution in [2.24, 2.45) is 7.05 Å². The molecule has 140 valence electrons. The molecule has 1 aliphatic heterocycles. The maximum Gasteiger partial charge on any atom is 0.435 e. The van der Waals surface area contributed by atoms with Crippen molar-refractivity contribution in [3.63, 3.8) is 0 Å². The van der Waals surface area contributed by atoms with Crippen LogP contribution in [-0.4, -0.2) is 53.8 Å². The van der Waals surface area contributed by atoms with Gasteiger partial charge in [-0.3, -0.25) is 9.48 Å². The first-order valence-electron chi connectivity index (χ1n) is 8.20. The van der Waals surface area contributed by atoms with Crippen molar-refractivity contribution in [1.29, 1.82) is 0 Å². The fourth-order valence-electron chi connectivity index (χ4n) is 2.88. The van der Waals surface area contributed by atoms with Crippen LogP contribution < -0.4 is 10.2 Å². The zero-order valence-corrected chi connectivity index (χ0v) is 14.5. The van der Waals surface area contributed by atoms with Gasteiger partial charge in [-0.2, -0.15) is 18.3 Å². The van der Waals surface area contributed by atoms with Gasteiger partial charge in [0.05, 0.1) is 5.56 Å².